The minimum absolute atomic E-state index is 0.137. The molecule has 2 aliphatic heterocycles. The van der Waals surface area contributed by atoms with Crippen LogP contribution in [0.5, 0.6) is 11.5 Å². The molecular weight excluding hydrogens is 476 g/mol. The second kappa shape index (κ2) is 11.2. The molecule has 0 fully saturated rings. The summed E-state index contributed by atoms with van der Waals surface area (Å²) < 4.78 is 24.3. The van der Waals surface area contributed by atoms with Crippen LogP contribution in [0, 0.1) is 0 Å². The summed E-state index contributed by atoms with van der Waals surface area (Å²) in [6.45, 7) is 1.84. The van der Waals surface area contributed by atoms with Gasteiger partial charge in [0.05, 0.1) is 11.1 Å². The van der Waals surface area contributed by atoms with Gasteiger partial charge in [-0.3, -0.25) is 0 Å². The van der Waals surface area contributed by atoms with E-state index in [-0.39, 0.29) is 12.1 Å². The lowest BCUT2D eigenvalue weighted by Crippen LogP contribution is -2.25. The number of para-hydroxylation sites is 2. The molecule has 0 saturated heterocycles. The van der Waals surface area contributed by atoms with E-state index in [1.165, 1.54) is 0 Å². The van der Waals surface area contributed by atoms with Crippen LogP contribution >= 0.6 is 0 Å². The minimum atomic E-state index is -0.137. The Morgan fingerprint density at radius 2 is 0.921 bits per heavy atom. The van der Waals surface area contributed by atoms with Gasteiger partial charge in [0.2, 0.25) is 11.8 Å². The quantitative estimate of drug-likeness (QED) is 0.288. The fraction of sp³-hybridized carbons (Fsp3) is 0.188. The van der Waals surface area contributed by atoms with Gasteiger partial charge < -0.3 is 18.9 Å². The molecule has 2 atom stereocenters. The molecule has 0 aromatic heterocycles. The number of rotatable bonds is 9. The minimum Gasteiger partial charge on any atom is -0.488 e. The first kappa shape index (κ1) is 23.8. The van der Waals surface area contributed by atoms with E-state index in [0.717, 1.165) is 33.8 Å². The highest BCUT2D eigenvalue weighted by molar-refractivity contribution is 5.99. The number of aliphatic imine (C=N–C) groups is 2. The van der Waals surface area contributed by atoms with Crippen LogP contribution in [0.2, 0.25) is 0 Å². The highest BCUT2D eigenvalue weighted by atomic mass is 16.5. The number of hydrogen-bond acceptors (Lipinski definition) is 6. The van der Waals surface area contributed by atoms with Gasteiger partial charge in [-0.05, 0) is 35.4 Å². The molecule has 4 aromatic rings. The van der Waals surface area contributed by atoms with Crippen LogP contribution in [0.3, 0.4) is 0 Å². The maximum Gasteiger partial charge on any atom is 0.220 e. The standard InChI is InChI=1S/C32H28N2O4/c1-3-11-23(12-4-1)19-35-29-17-9-7-15-25(29)31-33-27(21-37-31)28-22-38-32(34-28)26-16-8-10-18-30(26)36-20-24-13-5-2-6-14-24/h1-18,27-28H,19-22H2. The molecule has 0 aliphatic carbocycles. The Bertz CT molecular complexity index is 1330. The summed E-state index contributed by atoms with van der Waals surface area (Å²) in [5.74, 6) is 2.64. The molecular formula is C32H28N2O4. The Balaban J connectivity index is 1.16. The van der Waals surface area contributed by atoms with Crippen molar-refractivity contribution in [3.05, 3.63) is 131 Å². The summed E-state index contributed by atoms with van der Waals surface area (Å²) in [7, 11) is 0. The van der Waals surface area contributed by atoms with Gasteiger partial charge in [-0.15, -0.1) is 0 Å². The maximum atomic E-state index is 6.11. The third kappa shape index (κ3) is 5.39. The highest BCUT2D eigenvalue weighted by Gasteiger charge is 2.34. The predicted octanol–water partition coefficient (Wildman–Crippen LogP) is 5.84. The topological polar surface area (TPSA) is 61.6 Å². The first-order valence-corrected chi connectivity index (χ1v) is 12.8. The lowest BCUT2D eigenvalue weighted by atomic mass is 10.1. The highest BCUT2D eigenvalue weighted by Crippen LogP contribution is 2.28. The van der Waals surface area contributed by atoms with Crippen molar-refractivity contribution in [2.24, 2.45) is 9.98 Å². The Hall–Kier alpha value is -4.58. The first-order chi connectivity index (χ1) is 18.8. The van der Waals surface area contributed by atoms with Crippen LogP contribution in [-0.2, 0) is 22.7 Å². The van der Waals surface area contributed by atoms with Gasteiger partial charge >= 0.3 is 0 Å². The number of hydrogen-bond donors (Lipinski definition) is 0. The lowest BCUT2D eigenvalue weighted by Gasteiger charge is -2.11. The van der Waals surface area contributed by atoms with E-state index in [2.05, 4.69) is 0 Å². The normalized spacial score (nSPS) is 18.2. The van der Waals surface area contributed by atoms with Crippen LogP contribution in [0.4, 0.5) is 0 Å². The number of nitrogens with zero attached hydrogens (tertiary/aromatic N) is 2. The fourth-order valence-corrected chi connectivity index (χ4v) is 4.48. The molecule has 0 spiro atoms. The van der Waals surface area contributed by atoms with Crippen LogP contribution in [0.15, 0.2) is 119 Å². The third-order valence-electron chi connectivity index (χ3n) is 6.50. The van der Waals surface area contributed by atoms with Gasteiger partial charge in [-0.1, -0.05) is 84.9 Å². The molecule has 190 valence electrons. The van der Waals surface area contributed by atoms with Gasteiger partial charge in [-0.2, -0.15) is 0 Å². The van der Waals surface area contributed by atoms with Crippen molar-refractivity contribution >= 4 is 11.8 Å². The zero-order valence-corrected chi connectivity index (χ0v) is 20.9. The number of benzene rings is 4. The Labute approximate surface area is 222 Å². The first-order valence-electron chi connectivity index (χ1n) is 12.8. The van der Waals surface area contributed by atoms with Crippen molar-refractivity contribution in [2.75, 3.05) is 13.2 Å². The van der Waals surface area contributed by atoms with E-state index in [0.29, 0.717) is 38.2 Å². The fourth-order valence-electron chi connectivity index (χ4n) is 4.48. The Morgan fingerprint density at radius 3 is 1.37 bits per heavy atom. The molecule has 6 heteroatoms. The van der Waals surface area contributed by atoms with Gasteiger partial charge in [0.25, 0.3) is 0 Å². The van der Waals surface area contributed by atoms with Crippen LogP contribution in [-0.4, -0.2) is 37.1 Å². The second-order valence-electron chi connectivity index (χ2n) is 9.17. The van der Waals surface area contributed by atoms with E-state index in [1.807, 2.05) is 109 Å². The second-order valence-corrected chi connectivity index (χ2v) is 9.17. The lowest BCUT2D eigenvalue weighted by molar-refractivity contribution is 0.261. The summed E-state index contributed by atoms with van der Waals surface area (Å²) in [5.41, 5.74) is 3.89. The van der Waals surface area contributed by atoms with E-state index in [9.17, 15) is 0 Å². The average Bonchev–Trinajstić information content (AvgIpc) is 3.67. The largest absolute Gasteiger partial charge is 0.488 e. The summed E-state index contributed by atoms with van der Waals surface area (Å²) in [6.07, 6.45) is 0. The molecule has 0 amide bonds. The van der Waals surface area contributed by atoms with Crippen molar-refractivity contribution in [3.8, 4) is 11.5 Å². The predicted molar refractivity (Wildman–Crippen MR) is 147 cm³/mol. The smallest absolute Gasteiger partial charge is 0.220 e. The molecule has 6 nitrogen and oxygen atoms in total. The summed E-state index contributed by atoms with van der Waals surface area (Å²) in [6, 6.07) is 35.6. The van der Waals surface area contributed by atoms with E-state index in [4.69, 9.17) is 28.9 Å². The molecule has 0 radical (unpaired) electrons. The molecule has 2 heterocycles. The van der Waals surface area contributed by atoms with E-state index in [1.54, 1.807) is 0 Å². The van der Waals surface area contributed by atoms with Crippen molar-refractivity contribution in [2.45, 2.75) is 25.3 Å². The number of ether oxygens (including phenoxy) is 4. The summed E-state index contributed by atoms with van der Waals surface area (Å²) in [4.78, 5) is 9.76. The van der Waals surface area contributed by atoms with Crippen molar-refractivity contribution in [3.63, 3.8) is 0 Å². The van der Waals surface area contributed by atoms with Crippen LogP contribution in [0.1, 0.15) is 22.3 Å². The molecule has 4 aromatic carbocycles. The molecule has 6 rings (SSSR count). The molecule has 0 bridgehead atoms. The molecule has 38 heavy (non-hydrogen) atoms. The van der Waals surface area contributed by atoms with Crippen molar-refractivity contribution < 1.29 is 18.9 Å². The zero-order chi connectivity index (χ0) is 25.6. The molecule has 2 aliphatic rings. The summed E-state index contributed by atoms with van der Waals surface area (Å²) in [5, 5.41) is 0. The van der Waals surface area contributed by atoms with E-state index < -0.39 is 0 Å². The van der Waals surface area contributed by atoms with Crippen molar-refractivity contribution in [1.82, 2.24) is 0 Å². The van der Waals surface area contributed by atoms with Gasteiger partial charge in [0.15, 0.2) is 0 Å². The monoisotopic (exact) mass is 504 g/mol. The summed E-state index contributed by atoms with van der Waals surface area (Å²) >= 11 is 0. The maximum absolute atomic E-state index is 6.11. The van der Waals surface area contributed by atoms with Crippen LogP contribution in [0.25, 0.3) is 0 Å². The van der Waals surface area contributed by atoms with Gasteiger partial charge in [0.1, 0.15) is 50.0 Å². The molecule has 0 N–H and O–H groups in total. The molecule has 0 saturated carbocycles. The van der Waals surface area contributed by atoms with Crippen molar-refractivity contribution in [1.29, 1.82) is 0 Å². The van der Waals surface area contributed by atoms with Gasteiger partial charge in [0, 0.05) is 0 Å². The Morgan fingerprint density at radius 1 is 0.526 bits per heavy atom. The Kier molecular flexibility index (Phi) is 7.02. The van der Waals surface area contributed by atoms with Crippen LogP contribution < -0.4 is 9.47 Å². The third-order valence-corrected chi connectivity index (χ3v) is 6.50. The zero-order valence-electron chi connectivity index (χ0n) is 20.9. The average molecular weight is 505 g/mol. The molecule has 2 unspecified atom stereocenters. The van der Waals surface area contributed by atoms with Gasteiger partial charge in [-0.25, -0.2) is 9.98 Å². The van der Waals surface area contributed by atoms with E-state index >= 15 is 0 Å². The SMILES string of the molecule is c1ccc(COc2ccccc2C2=NC(C3COC(c4ccccc4OCc4ccccc4)=N3)CO2)cc1.